The Kier molecular flexibility index (Phi) is 16.2. The first-order chi connectivity index (χ1) is 13.3. The smallest absolute Gasteiger partial charge is 0.449 e. The molecule has 0 aliphatic rings. The van der Waals surface area contributed by atoms with E-state index in [1.54, 1.807) is 0 Å². The highest BCUT2D eigenvalue weighted by atomic mass is 19.4. The lowest BCUT2D eigenvalue weighted by molar-refractivity contribution is -0.171. The van der Waals surface area contributed by atoms with Crippen LogP contribution in [0.3, 0.4) is 0 Å². The first-order valence-corrected chi connectivity index (χ1v) is 11.1. The van der Waals surface area contributed by atoms with Gasteiger partial charge in [-0.3, -0.25) is 9.59 Å². The van der Waals surface area contributed by atoms with E-state index in [0.29, 0.717) is 12.8 Å². The van der Waals surface area contributed by atoms with E-state index in [-0.39, 0.29) is 6.42 Å². The number of unbranched alkanes of at least 4 members (excludes halogenated alkanes) is 13. The normalized spacial score (nSPS) is 12.9. The molecule has 0 aliphatic heterocycles. The van der Waals surface area contributed by atoms with Crippen LogP contribution in [0.5, 0.6) is 0 Å². The predicted molar refractivity (Wildman–Crippen MR) is 106 cm³/mol. The van der Waals surface area contributed by atoms with Crippen LogP contribution in [0.1, 0.15) is 116 Å². The first-order valence-electron chi connectivity index (χ1n) is 11.1. The molecule has 0 radical (unpaired) electrons. The molecule has 0 amide bonds. The van der Waals surface area contributed by atoms with Crippen LogP contribution in [0.25, 0.3) is 0 Å². The molecule has 166 valence electrons. The molecular formula is C22H39F3O3. The molecule has 0 aromatic heterocycles. The molecule has 0 saturated carbocycles. The van der Waals surface area contributed by atoms with Crippen molar-refractivity contribution in [3.05, 3.63) is 0 Å². The van der Waals surface area contributed by atoms with Gasteiger partial charge >= 0.3 is 12.1 Å². The van der Waals surface area contributed by atoms with Gasteiger partial charge in [-0.15, -0.1) is 0 Å². The van der Waals surface area contributed by atoms with E-state index in [4.69, 9.17) is 5.11 Å². The molecule has 28 heavy (non-hydrogen) atoms. The zero-order chi connectivity index (χ0) is 21.3. The molecule has 1 N–H and O–H groups in total. The van der Waals surface area contributed by atoms with E-state index < -0.39 is 30.3 Å². The third-order valence-electron chi connectivity index (χ3n) is 5.29. The summed E-state index contributed by atoms with van der Waals surface area (Å²) in [4.78, 5) is 22.0. The van der Waals surface area contributed by atoms with Crippen LogP contribution in [-0.4, -0.2) is 23.0 Å². The molecule has 1 atom stereocenters. The van der Waals surface area contributed by atoms with E-state index in [2.05, 4.69) is 6.92 Å². The fourth-order valence-corrected chi connectivity index (χ4v) is 3.42. The fourth-order valence-electron chi connectivity index (χ4n) is 3.42. The molecule has 0 bridgehead atoms. The lowest BCUT2D eigenvalue weighted by atomic mass is 9.94. The second-order valence-corrected chi connectivity index (χ2v) is 7.88. The second kappa shape index (κ2) is 16.8. The van der Waals surface area contributed by atoms with Crippen molar-refractivity contribution in [2.45, 2.75) is 122 Å². The first kappa shape index (κ1) is 26.9. The van der Waals surface area contributed by atoms with E-state index in [9.17, 15) is 22.8 Å². The number of aliphatic carboxylic acids is 1. The third kappa shape index (κ3) is 15.9. The summed E-state index contributed by atoms with van der Waals surface area (Å²) in [6.07, 6.45) is 11.3. The summed E-state index contributed by atoms with van der Waals surface area (Å²) >= 11 is 0. The van der Waals surface area contributed by atoms with Crippen LogP contribution in [0.2, 0.25) is 0 Å². The quantitative estimate of drug-likeness (QED) is 0.226. The Morgan fingerprint density at radius 2 is 1.11 bits per heavy atom. The van der Waals surface area contributed by atoms with Crippen molar-refractivity contribution < 1.29 is 27.9 Å². The molecule has 0 fully saturated rings. The number of rotatable bonds is 19. The summed E-state index contributed by atoms with van der Waals surface area (Å²) in [7, 11) is 0. The van der Waals surface area contributed by atoms with Crippen molar-refractivity contribution in [3.8, 4) is 0 Å². The van der Waals surface area contributed by atoms with Crippen LogP contribution in [0, 0.1) is 5.92 Å². The van der Waals surface area contributed by atoms with Gasteiger partial charge in [-0.25, -0.2) is 0 Å². The lowest BCUT2D eigenvalue weighted by Crippen LogP contribution is -2.24. The monoisotopic (exact) mass is 408 g/mol. The number of hydrogen-bond donors (Lipinski definition) is 1. The standard InChI is InChI=1S/C22H39F3O3/c1-2-3-4-5-6-7-8-9-10-11-12-13-14-15-16-19(21(27)28)17-18-20(26)22(23,24)25/h19H,2-18H2,1H3,(H,27,28). The highest BCUT2D eigenvalue weighted by Crippen LogP contribution is 2.23. The fraction of sp³-hybridized carbons (Fsp3) is 0.909. The van der Waals surface area contributed by atoms with Gasteiger partial charge in [0.05, 0.1) is 5.92 Å². The zero-order valence-electron chi connectivity index (χ0n) is 17.5. The number of hydrogen-bond acceptors (Lipinski definition) is 2. The van der Waals surface area contributed by atoms with Gasteiger partial charge in [0.1, 0.15) is 0 Å². The molecule has 0 aromatic carbocycles. The number of Topliss-reactive ketones (excluding diaryl/α,β-unsaturated/α-hetero) is 1. The van der Waals surface area contributed by atoms with Crippen molar-refractivity contribution in [3.63, 3.8) is 0 Å². The van der Waals surface area contributed by atoms with Gasteiger partial charge < -0.3 is 5.11 Å². The van der Waals surface area contributed by atoms with Gasteiger partial charge in [0, 0.05) is 6.42 Å². The minimum absolute atomic E-state index is 0.230. The molecule has 0 heterocycles. The van der Waals surface area contributed by atoms with Crippen LogP contribution in [0.4, 0.5) is 13.2 Å². The second-order valence-electron chi connectivity index (χ2n) is 7.88. The highest BCUT2D eigenvalue weighted by molar-refractivity contribution is 5.84. The lowest BCUT2D eigenvalue weighted by Gasteiger charge is -2.12. The van der Waals surface area contributed by atoms with E-state index >= 15 is 0 Å². The maximum Gasteiger partial charge on any atom is 0.449 e. The van der Waals surface area contributed by atoms with Crippen molar-refractivity contribution >= 4 is 11.8 Å². The molecule has 1 unspecified atom stereocenters. The van der Waals surface area contributed by atoms with Crippen LogP contribution < -0.4 is 0 Å². The third-order valence-corrected chi connectivity index (χ3v) is 5.29. The Bertz CT molecular complexity index is 408. The number of carboxylic acid groups (broad SMARTS) is 1. The summed E-state index contributed by atoms with van der Waals surface area (Å²) in [6.45, 7) is 2.23. The van der Waals surface area contributed by atoms with E-state index in [1.807, 2.05) is 0 Å². The van der Waals surface area contributed by atoms with Crippen LogP contribution >= 0.6 is 0 Å². The minimum Gasteiger partial charge on any atom is -0.481 e. The molecule has 0 rings (SSSR count). The number of alkyl halides is 3. The number of carboxylic acids is 1. The summed E-state index contributed by atoms with van der Waals surface area (Å²) in [5.74, 6) is -3.80. The van der Waals surface area contributed by atoms with Crippen molar-refractivity contribution in [2.75, 3.05) is 0 Å². The summed E-state index contributed by atoms with van der Waals surface area (Å²) in [6, 6.07) is 0. The van der Waals surface area contributed by atoms with Gasteiger partial charge in [0.25, 0.3) is 0 Å². The highest BCUT2D eigenvalue weighted by Gasteiger charge is 2.38. The average Bonchev–Trinajstić information content (AvgIpc) is 2.63. The maximum absolute atomic E-state index is 12.2. The van der Waals surface area contributed by atoms with Gasteiger partial charge in [-0.2, -0.15) is 13.2 Å². The Morgan fingerprint density at radius 3 is 1.46 bits per heavy atom. The summed E-state index contributed by atoms with van der Waals surface area (Å²) < 4.78 is 36.6. The van der Waals surface area contributed by atoms with E-state index in [1.165, 1.54) is 64.2 Å². The van der Waals surface area contributed by atoms with Crippen molar-refractivity contribution in [1.29, 1.82) is 0 Å². The number of ketones is 1. The van der Waals surface area contributed by atoms with Crippen LogP contribution in [-0.2, 0) is 9.59 Å². The van der Waals surface area contributed by atoms with E-state index in [0.717, 1.165) is 19.3 Å². The van der Waals surface area contributed by atoms with Gasteiger partial charge in [-0.1, -0.05) is 96.8 Å². The average molecular weight is 409 g/mol. The maximum atomic E-state index is 12.2. The van der Waals surface area contributed by atoms with Gasteiger partial charge in [0.2, 0.25) is 5.78 Å². The number of halogens is 3. The van der Waals surface area contributed by atoms with Crippen molar-refractivity contribution in [2.24, 2.45) is 5.92 Å². The molecule has 0 saturated heterocycles. The SMILES string of the molecule is CCCCCCCCCCCCCCCCC(CCC(=O)C(F)(F)F)C(=O)O. The molecule has 6 heteroatoms. The molecular weight excluding hydrogens is 369 g/mol. The summed E-state index contributed by atoms with van der Waals surface area (Å²) in [5, 5.41) is 9.10. The number of carbonyl (C=O) groups excluding carboxylic acids is 1. The molecule has 0 aromatic rings. The van der Waals surface area contributed by atoms with Gasteiger partial charge in [0.15, 0.2) is 0 Å². The Morgan fingerprint density at radius 1 is 0.714 bits per heavy atom. The van der Waals surface area contributed by atoms with Crippen molar-refractivity contribution in [1.82, 2.24) is 0 Å². The Labute approximate surface area is 168 Å². The minimum atomic E-state index is -4.86. The summed E-state index contributed by atoms with van der Waals surface area (Å²) in [5.41, 5.74) is 0. The van der Waals surface area contributed by atoms with Crippen LogP contribution in [0.15, 0.2) is 0 Å². The number of carbonyl (C=O) groups is 2. The topological polar surface area (TPSA) is 54.4 Å². The molecule has 0 aliphatic carbocycles. The molecule has 3 nitrogen and oxygen atoms in total. The molecule has 0 spiro atoms. The Balaban J connectivity index is 3.56. The predicted octanol–water partition coefficient (Wildman–Crippen LogP) is 7.47. The zero-order valence-corrected chi connectivity index (χ0v) is 17.5. The Hall–Kier alpha value is -1.07. The van der Waals surface area contributed by atoms with Gasteiger partial charge in [-0.05, 0) is 12.8 Å². The largest absolute Gasteiger partial charge is 0.481 e.